The molecule has 0 heterocycles. The fourth-order valence-corrected chi connectivity index (χ4v) is 1.05. The molecule has 0 N–H and O–H groups in total. The smallest absolute Gasteiger partial charge is 0.313 e. The van der Waals surface area contributed by atoms with Crippen molar-refractivity contribution in [2.24, 2.45) is 5.92 Å². The molecule has 0 spiro atoms. The highest BCUT2D eigenvalue weighted by molar-refractivity contribution is 5.72. The highest BCUT2D eigenvalue weighted by Crippen LogP contribution is 2.13. The lowest BCUT2D eigenvalue weighted by Crippen LogP contribution is -2.31. The normalized spacial score (nSPS) is 13.1. The Morgan fingerprint density at radius 2 is 1.75 bits per heavy atom. The van der Waals surface area contributed by atoms with Gasteiger partial charge in [0.15, 0.2) is 6.29 Å². The van der Waals surface area contributed by atoms with Gasteiger partial charge in [-0.05, 0) is 6.42 Å². The van der Waals surface area contributed by atoms with E-state index in [1.807, 2.05) is 6.92 Å². The van der Waals surface area contributed by atoms with E-state index in [9.17, 15) is 4.79 Å². The lowest BCUT2D eigenvalue weighted by molar-refractivity contribution is -0.174. The molecule has 12 heavy (non-hydrogen) atoms. The van der Waals surface area contributed by atoms with Gasteiger partial charge in [0.1, 0.15) is 5.92 Å². The Kier molecular flexibility index (Phi) is 5.66. The van der Waals surface area contributed by atoms with Gasteiger partial charge in [0.25, 0.3) is 0 Å². The van der Waals surface area contributed by atoms with Crippen LogP contribution in [-0.4, -0.2) is 33.6 Å². The second-order valence-corrected chi connectivity index (χ2v) is 2.38. The second kappa shape index (κ2) is 5.97. The van der Waals surface area contributed by atoms with Gasteiger partial charge in [-0.3, -0.25) is 4.79 Å². The van der Waals surface area contributed by atoms with E-state index in [4.69, 9.17) is 9.47 Å². The first kappa shape index (κ1) is 11.4. The molecule has 0 amide bonds. The van der Waals surface area contributed by atoms with Crippen molar-refractivity contribution < 1.29 is 19.0 Å². The Bertz CT molecular complexity index is 131. The van der Waals surface area contributed by atoms with Gasteiger partial charge in [-0.25, -0.2) is 0 Å². The van der Waals surface area contributed by atoms with Gasteiger partial charge in [0.2, 0.25) is 0 Å². The summed E-state index contributed by atoms with van der Waals surface area (Å²) in [4.78, 5) is 11.1. The molecule has 0 fully saturated rings. The van der Waals surface area contributed by atoms with Gasteiger partial charge in [-0.15, -0.1) is 0 Å². The first-order chi connectivity index (χ1) is 5.71. The van der Waals surface area contributed by atoms with Crippen molar-refractivity contribution in [3.63, 3.8) is 0 Å². The molecule has 4 heteroatoms. The number of esters is 1. The summed E-state index contributed by atoms with van der Waals surface area (Å²) < 4.78 is 14.5. The van der Waals surface area contributed by atoms with E-state index in [-0.39, 0.29) is 11.9 Å². The monoisotopic (exact) mass is 176 g/mol. The van der Waals surface area contributed by atoms with Gasteiger partial charge in [-0.2, -0.15) is 0 Å². The summed E-state index contributed by atoms with van der Waals surface area (Å²) in [7, 11) is 4.35. The minimum absolute atomic E-state index is 0.300. The molecule has 0 saturated carbocycles. The number of ether oxygens (including phenoxy) is 3. The third-order valence-electron chi connectivity index (χ3n) is 1.74. The van der Waals surface area contributed by atoms with E-state index < -0.39 is 6.29 Å². The fraction of sp³-hybridized carbons (Fsp3) is 0.875. The van der Waals surface area contributed by atoms with Crippen LogP contribution in [0.3, 0.4) is 0 Å². The van der Waals surface area contributed by atoms with Crippen LogP contribution in [0.1, 0.15) is 13.3 Å². The maximum absolute atomic E-state index is 11.1. The highest BCUT2D eigenvalue weighted by Gasteiger charge is 2.27. The molecule has 72 valence electrons. The molecule has 0 aliphatic heterocycles. The van der Waals surface area contributed by atoms with Crippen LogP contribution in [0.25, 0.3) is 0 Å². The van der Waals surface area contributed by atoms with Gasteiger partial charge < -0.3 is 14.2 Å². The maximum atomic E-state index is 11.1. The molecule has 0 rings (SSSR count). The van der Waals surface area contributed by atoms with Crippen LogP contribution in [0.4, 0.5) is 0 Å². The average molecular weight is 176 g/mol. The number of rotatable bonds is 5. The predicted molar refractivity (Wildman–Crippen MR) is 43.6 cm³/mol. The Labute approximate surface area is 72.8 Å². The van der Waals surface area contributed by atoms with Crippen molar-refractivity contribution in [3.05, 3.63) is 0 Å². The fourth-order valence-electron chi connectivity index (χ4n) is 1.05. The molecule has 0 bridgehead atoms. The average Bonchev–Trinajstić information content (AvgIpc) is 2.12. The summed E-state index contributed by atoms with van der Waals surface area (Å²) in [5.41, 5.74) is 0. The molecule has 0 saturated heterocycles. The molecular weight excluding hydrogens is 160 g/mol. The largest absolute Gasteiger partial charge is 0.469 e. The van der Waals surface area contributed by atoms with Crippen molar-refractivity contribution in [3.8, 4) is 0 Å². The van der Waals surface area contributed by atoms with Crippen LogP contribution < -0.4 is 0 Å². The molecular formula is C8H16O4. The summed E-state index contributed by atoms with van der Waals surface area (Å²) in [6, 6.07) is 0. The van der Waals surface area contributed by atoms with Gasteiger partial charge in [-0.1, -0.05) is 6.92 Å². The van der Waals surface area contributed by atoms with E-state index in [1.54, 1.807) is 0 Å². The number of hydrogen-bond acceptors (Lipinski definition) is 4. The van der Waals surface area contributed by atoms with Crippen LogP contribution in [0, 0.1) is 5.92 Å². The minimum atomic E-state index is -0.512. The van der Waals surface area contributed by atoms with Crippen LogP contribution in [-0.2, 0) is 19.0 Å². The Hall–Kier alpha value is -0.610. The number of carbonyl (C=O) groups excluding carboxylic acids is 1. The van der Waals surface area contributed by atoms with Gasteiger partial charge in [0.05, 0.1) is 7.11 Å². The predicted octanol–water partition coefficient (Wildman–Crippen LogP) is 0.804. The van der Waals surface area contributed by atoms with Crippen LogP contribution in [0.15, 0.2) is 0 Å². The lowest BCUT2D eigenvalue weighted by atomic mass is 10.1. The molecule has 0 radical (unpaired) electrons. The summed E-state index contributed by atoms with van der Waals surface area (Å²) in [6.07, 6.45) is 0.126. The first-order valence-electron chi connectivity index (χ1n) is 3.84. The summed E-state index contributed by atoms with van der Waals surface area (Å²) in [5, 5.41) is 0. The molecule has 1 atom stereocenters. The third kappa shape index (κ3) is 2.79. The maximum Gasteiger partial charge on any atom is 0.313 e. The molecule has 0 aromatic heterocycles. The molecule has 0 aromatic carbocycles. The first-order valence-corrected chi connectivity index (χ1v) is 3.84. The summed E-state index contributed by atoms with van der Waals surface area (Å²) >= 11 is 0. The Morgan fingerprint density at radius 1 is 1.25 bits per heavy atom. The van der Waals surface area contributed by atoms with E-state index in [0.29, 0.717) is 6.42 Å². The summed E-state index contributed by atoms with van der Waals surface area (Å²) in [6.45, 7) is 1.88. The molecule has 4 nitrogen and oxygen atoms in total. The standard InChI is InChI=1S/C8H16O4/c1-5-6(7(9)10-2)8(11-3)12-4/h6,8H,5H2,1-4H3. The van der Waals surface area contributed by atoms with E-state index >= 15 is 0 Å². The zero-order chi connectivity index (χ0) is 9.56. The van der Waals surface area contributed by atoms with Crippen LogP contribution in [0.5, 0.6) is 0 Å². The van der Waals surface area contributed by atoms with Crippen molar-refractivity contribution in [2.75, 3.05) is 21.3 Å². The zero-order valence-corrected chi connectivity index (χ0v) is 7.99. The minimum Gasteiger partial charge on any atom is -0.469 e. The Morgan fingerprint density at radius 3 is 2.00 bits per heavy atom. The Balaban J connectivity index is 4.19. The van der Waals surface area contributed by atoms with Gasteiger partial charge in [0, 0.05) is 14.2 Å². The van der Waals surface area contributed by atoms with Crippen molar-refractivity contribution >= 4 is 5.97 Å². The third-order valence-corrected chi connectivity index (χ3v) is 1.74. The van der Waals surface area contributed by atoms with E-state index in [0.717, 1.165) is 0 Å². The highest BCUT2D eigenvalue weighted by atomic mass is 16.7. The van der Waals surface area contributed by atoms with Gasteiger partial charge >= 0.3 is 5.97 Å². The topological polar surface area (TPSA) is 44.8 Å². The zero-order valence-electron chi connectivity index (χ0n) is 7.99. The van der Waals surface area contributed by atoms with Crippen LogP contribution >= 0.6 is 0 Å². The second-order valence-electron chi connectivity index (χ2n) is 2.38. The molecule has 0 aliphatic carbocycles. The van der Waals surface area contributed by atoms with Crippen LogP contribution in [0.2, 0.25) is 0 Å². The molecule has 1 unspecified atom stereocenters. The summed E-state index contributed by atoms with van der Waals surface area (Å²) in [5.74, 6) is -0.642. The SMILES string of the molecule is CCC(C(=O)OC)C(OC)OC. The van der Waals surface area contributed by atoms with E-state index in [2.05, 4.69) is 4.74 Å². The van der Waals surface area contributed by atoms with Crippen molar-refractivity contribution in [1.82, 2.24) is 0 Å². The van der Waals surface area contributed by atoms with Crippen molar-refractivity contribution in [2.45, 2.75) is 19.6 Å². The number of methoxy groups -OCH3 is 3. The van der Waals surface area contributed by atoms with Crippen molar-refractivity contribution in [1.29, 1.82) is 0 Å². The quantitative estimate of drug-likeness (QED) is 0.459. The molecule has 0 aliphatic rings. The lowest BCUT2D eigenvalue weighted by Gasteiger charge is -2.20. The molecule has 0 aromatic rings. The van der Waals surface area contributed by atoms with E-state index in [1.165, 1.54) is 21.3 Å². The number of hydrogen-bond donors (Lipinski definition) is 0. The number of carbonyl (C=O) groups is 1.